The van der Waals surface area contributed by atoms with Crippen molar-refractivity contribution in [3.8, 4) is 0 Å². The van der Waals surface area contributed by atoms with E-state index >= 15 is 0 Å². The molecule has 0 bridgehead atoms. The third-order valence-electron chi connectivity index (χ3n) is 4.46. The van der Waals surface area contributed by atoms with Crippen molar-refractivity contribution in [1.29, 1.82) is 0 Å². The largest absolute Gasteiger partial charge is 0.395 e. The molecule has 0 amide bonds. The maximum Gasteiger partial charge on any atom is 0.0837 e. The summed E-state index contributed by atoms with van der Waals surface area (Å²) in [6, 6.07) is 0.559. The van der Waals surface area contributed by atoms with E-state index < -0.39 is 0 Å². The number of hydrogen-bond acceptors (Lipinski definition) is 3. The van der Waals surface area contributed by atoms with E-state index in [2.05, 4.69) is 11.8 Å². The first-order valence-corrected chi connectivity index (χ1v) is 7.31. The predicted octanol–water partition coefficient (Wildman–Crippen LogP) is 2.18. The van der Waals surface area contributed by atoms with Gasteiger partial charge in [0, 0.05) is 19.2 Å². The molecule has 1 spiro atoms. The van der Waals surface area contributed by atoms with E-state index in [1.54, 1.807) is 0 Å². The van der Waals surface area contributed by atoms with Gasteiger partial charge in [0.1, 0.15) is 0 Å². The molecule has 1 unspecified atom stereocenters. The van der Waals surface area contributed by atoms with E-state index in [4.69, 9.17) is 4.74 Å². The SMILES string of the molecule is CCCCN(CCO)C1CCOC12CCCC2. The van der Waals surface area contributed by atoms with Gasteiger partial charge in [0.05, 0.1) is 12.2 Å². The van der Waals surface area contributed by atoms with Crippen molar-refractivity contribution in [1.82, 2.24) is 4.90 Å². The Morgan fingerprint density at radius 1 is 1.29 bits per heavy atom. The summed E-state index contributed by atoms with van der Waals surface area (Å²) in [7, 11) is 0. The van der Waals surface area contributed by atoms with Crippen LogP contribution < -0.4 is 0 Å². The van der Waals surface area contributed by atoms with Gasteiger partial charge in [0.15, 0.2) is 0 Å². The van der Waals surface area contributed by atoms with Crippen LogP contribution in [0.1, 0.15) is 51.9 Å². The highest BCUT2D eigenvalue weighted by atomic mass is 16.5. The molecule has 0 aromatic carbocycles. The second-order valence-electron chi connectivity index (χ2n) is 5.54. The molecule has 1 saturated heterocycles. The fourth-order valence-corrected chi connectivity index (χ4v) is 3.61. The zero-order valence-electron chi connectivity index (χ0n) is 11.2. The molecule has 1 aliphatic heterocycles. The Morgan fingerprint density at radius 3 is 2.71 bits per heavy atom. The summed E-state index contributed by atoms with van der Waals surface area (Å²) in [6.07, 6.45) is 8.70. The molecule has 2 rings (SSSR count). The summed E-state index contributed by atoms with van der Waals surface area (Å²) < 4.78 is 6.10. The topological polar surface area (TPSA) is 32.7 Å². The molecule has 0 aromatic rings. The van der Waals surface area contributed by atoms with Gasteiger partial charge in [-0.25, -0.2) is 0 Å². The lowest BCUT2D eigenvalue weighted by Crippen LogP contribution is -2.49. The van der Waals surface area contributed by atoms with Crippen LogP contribution in [0.3, 0.4) is 0 Å². The molecular formula is C14H27NO2. The molecule has 1 heterocycles. The zero-order valence-corrected chi connectivity index (χ0v) is 11.2. The second-order valence-corrected chi connectivity index (χ2v) is 5.54. The van der Waals surface area contributed by atoms with Crippen LogP contribution in [0.4, 0.5) is 0 Å². The summed E-state index contributed by atoms with van der Waals surface area (Å²) in [4.78, 5) is 2.49. The van der Waals surface area contributed by atoms with Gasteiger partial charge < -0.3 is 9.84 Å². The average molecular weight is 241 g/mol. The molecule has 17 heavy (non-hydrogen) atoms. The van der Waals surface area contributed by atoms with Crippen molar-refractivity contribution in [3.63, 3.8) is 0 Å². The molecule has 0 aromatic heterocycles. The van der Waals surface area contributed by atoms with Gasteiger partial charge in [-0.05, 0) is 32.2 Å². The molecule has 1 aliphatic carbocycles. The van der Waals surface area contributed by atoms with Crippen molar-refractivity contribution < 1.29 is 9.84 Å². The highest BCUT2D eigenvalue weighted by molar-refractivity contribution is 5.01. The molecule has 3 nitrogen and oxygen atoms in total. The van der Waals surface area contributed by atoms with Gasteiger partial charge in [0.25, 0.3) is 0 Å². The van der Waals surface area contributed by atoms with E-state index in [1.165, 1.54) is 38.5 Å². The molecule has 3 heteroatoms. The maximum atomic E-state index is 9.25. The maximum absolute atomic E-state index is 9.25. The number of rotatable bonds is 6. The Hall–Kier alpha value is -0.120. The lowest BCUT2D eigenvalue weighted by Gasteiger charge is -2.38. The standard InChI is InChI=1S/C14H27NO2/c1-2-3-9-15(10-11-16)13-6-12-17-14(13)7-4-5-8-14/h13,16H,2-12H2,1H3. The summed E-state index contributed by atoms with van der Waals surface area (Å²) in [5.41, 5.74) is 0.142. The van der Waals surface area contributed by atoms with E-state index in [-0.39, 0.29) is 12.2 Å². The van der Waals surface area contributed by atoms with E-state index in [9.17, 15) is 5.11 Å². The number of unbranched alkanes of at least 4 members (excludes halogenated alkanes) is 1. The first-order chi connectivity index (χ1) is 8.32. The third kappa shape index (κ3) is 2.83. The van der Waals surface area contributed by atoms with Crippen LogP contribution in [0.15, 0.2) is 0 Å². The molecule has 2 aliphatic rings. The van der Waals surface area contributed by atoms with Crippen molar-refractivity contribution in [2.24, 2.45) is 0 Å². The minimum atomic E-state index is 0.142. The number of nitrogens with zero attached hydrogens (tertiary/aromatic N) is 1. The summed E-state index contributed by atoms with van der Waals surface area (Å²) in [5, 5.41) is 9.25. The molecule has 1 atom stereocenters. The Morgan fingerprint density at radius 2 is 2.06 bits per heavy atom. The van der Waals surface area contributed by atoms with Crippen molar-refractivity contribution >= 4 is 0 Å². The Labute approximate surface area is 105 Å². The van der Waals surface area contributed by atoms with Gasteiger partial charge in [-0.3, -0.25) is 4.90 Å². The number of ether oxygens (including phenoxy) is 1. The fraction of sp³-hybridized carbons (Fsp3) is 1.00. The monoisotopic (exact) mass is 241 g/mol. The Kier molecular flexibility index (Phi) is 4.83. The lowest BCUT2D eigenvalue weighted by molar-refractivity contribution is -0.0372. The first kappa shape index (κ1) is 13.3. The fourth-order valence-electron chi connectivity index (χ4n) is 3.61. The van der Waals surface area contributed by atoms with Crippen LogP contribution in [-0.4, -0.2) is 48.0 Å². The lowest BCUT2D eigenvalue weighted by atomic mass is 9.91. The van der Waals surface area contributed by atoms with Gasteiger partial charge in [-0.1, -0.05) is 26.2 Å². The first-order valence-electron chi connectivity index (χ1n) is 7.31. The van der Waals surface area contributed by atoms with E-state index in [0.717, 1.165) is 26.1 Å². The summed E-state index contributed by atoms with van der Waals surface area (Å²) >= 11 is 0. The highest BCUT2D eigenvalue weighted by Gasteiger charge is 2.48. The van der Waals surface area contributed by atoms with Crippen LogP contribution in [0, 0.1) is 0 Å². The molecular weight excluding hydrogens is 214 g/mol. The Bertz CT molecular complexity index is 221. The smallest absolute Gasteiger partial charge is 0.0837 e. The average Bonchev–Trinajstić information content (AvgIpc) is 2.96. The second kappa shape index (κ2) is 6.17. The highest BCUT2D eigenvalue weighted by Crippen LogP contribution is 2.43. The Balaban J connectivity index is 2.00. The van der Waals surface area contributed by atoms with Gasteiger partial charge in [-0.15, -0.1) is 0 Å². The minimum Gasteiger partial charge on any atom is -0.395 e. The molecule has 100 valence electrons. The normalized spacial score (nSPS) is 27.4. The van der Waals surface area contributed by atoms with E-state index in [1.807, 2.05) is 0 Å². The van der Waals surface area contributed by atoms with Crippen LogP contribution >= 0.6 is 0 Å². The van der Waals surface area contributed by atoms with Gasteiger partial charge in [-0.2, -0.15) is 0 Å². The van der Waals surface area contributed by atoms with Crippen LogP contribution in [-0.2, 0) is 4.74 Å². The summed E-state index contributed by atoms with van der Waals surface area (Å²) in [6.45, 7) is 5.35. The van der Waals surface area contributed by atoms with E-state index in [0.29, 0.717) is 6.04 Å². The predicted molar refractivity (Wildman–Crippen MR) is 69.1 cm³/mol. The van der Waals surface area contributed by atoms with Crippen molar-refractivity contribution in [2.75, 3.05) is 26.3 Å². The van der Waals surface area contributed by atoms with Gasteiger partial charge >= 0.3 is 0 Å². The molecule has 1 saturated carbocycles. The number of aliphatic hydroxyl groups excluding tert-OH is 1. The zero-order chi connectivity index (χ0) is 12.1. The quantitative estimate of drug-likeness (QED) is 0.773. The molecule has 1 N–H and O–H groups in total. The van der Waals surface area contributed by atoms with Crippen LogP contribution in [0.5, 0.6) is 0 Å². The van der Waals surface area contributed by atoms with Crippen LogP contribution in [0.25, 0.3) is 0 Å². The van der Waals surface area contributed by atoms with Gasteiger partial charge in [0.2, 0.25) is 0 Å². The van der Waals surface area contributed by atoms with Crippen LogP contribution in [0.2, 0.25) is 0 Å². The number of hydrogen-bond donors (Lipinski definition) is 1. The van der Waals surface area contributed by atoms with Crippen molar-refractivity contribution in [2.45, 2.75) is 63.5 Å². The number of aliphatic hydroxyl groups is 1. The summed E-state index contributed by atoms with van der Waals surface area (Å²) in [5.74, 6) is 0. The molecule has 2 fully saturated rings. The minimum absolute atomic E-state index is 0.142. The van der Waals surface area contributed by atoms with Crippen molar-refractivity contribution in [3.05, 3.63) is 0 Å². The third-order valence-corrected chi connectivity index (χ3v) is 4.46. The molecule has 0 radical (unpaired) electrons.